The summed E-state index contributed by atoms with van der Waals surface area (Å²) in [5, 5.41) is 12.7. The average molecular weight is 354 g/mol. The first-order valence-corrected chi connectivity index (χ1v) is 9.32. The van der Waals surface area contributed by atoms with E-state index in [4.69, 9.17) is 4.74 Å². The molecule has 2 fully saturated rings. The Morgan fingerprint density at radius 1 is 1.33 bits per heavy atom. The molecule has 0 spiro atoms. The summed E-state index contributed by atoms with van der Waals surface area (Å²) >= 11 is 1.69. The van der Waals surface area contributed by atoms with Crippen molar-refractivity contribution in [3.63, 3.8) is 0 Å². The zero-order chi connectivity index (χ0) is 16.9. The molecule has 1 aromatic rings. The van der Waals surface area contributed by atoms with Gasteiger partial charge in [0.1, 0.15) is 5.01 Å². The summed E-state index contributed by atoms with van der Waals surface area (Å²) in [6.07, 6.45) is 1.85. The number of carboxylic acid groups (broad SMARTS) is 1. The quantitative estimate of drug-likeness (QED) is 0.787. The van der Waals surface area contributed by atoms with Crippen LogP contribution in [0, 0.1) is 5.92 Å². The Kier molecular flexibility index (Phi) is 6.18. The van der Waals surface area contributed by atoms with Crippen molar-refractivity contribution in [3.8, 4) is 0 Å². The van der Waals surface area contributed by atoms with Gasteiger partial charge in [0.25, 0.3) is 0 Å². The molecule has 2 aliphatic rings. The standard InChI is InChI=1S/C16H26N4O3S/c1-23-6-5-19-8-13(16(21)22)9-20-4-3-18(10-14(20)11-19)12-15-17-2-7-24-15/h2,7,13-14H,3-6,8-12H2,1H3,(H,21,22)/t13-,14+/m0/s1. The Morgan fingerprint density at radius 3 is 2.88 bits per heavy atom. The maximum absolute atomic E-state index is 11.6. The van der Waals surface area contributed by atoms with Crippen LogP contribution in [0.25, 0.3) is 0 Å². The van der Waals surface area contributed by atoms with Gasteiger partial charge in [-0.1, -0.05) is 0 Å². The molecule has 0 aliphatic carbocycles. The van der Waals surface area contributed by atoms with Gasteiger partial charge in [-0.3, -0.25) is 19.5 Å². The van der Waals surface area contributed by atoms with Crippen LogP contribution in [0.2, 0.25) is 0 Å². The summed E-state index contributed by atoms with van der Waals surface area (Å²) in [7, 11) is 1.69. The number of hydrogen-bond donors (Lipinski definition) is 1. The van der Waals surface area contributed by atoms with E-state index in [0.717, 1.165) is 44.3 Å². The number of piperazine rings is 1. The second-order valence-corrected chi connectivity index (χ2v) is 7.58. The van der Waals surface area contributed by atoms with Gasteiger partial charge in [0.05, 0.1) is 19.1 Å². The predicted octanol–water partition coefficient (Wildman–Crippen LogP) is 0.292. The van der Waals surface area contributed by atoms with Crippen molar-refractivity contribution in [3.05, 3.63) is 16.6 Å². The third-order valence-electron chi connectivity index (χ3n) is 4.89. The highest BCUT2D eigenvalue weighted by Gasteiger charge is 2.36. The van der Waals surface area contributed by atoms with Gasteiger partial charge in [-0.15, -0.1) is 11.3 Å². The number of fused-ring (bicyclic) bond motifs is 1. The smallest absolute Gasteiger partial charge is 0.309 e. The fourth-order valence-corrected chi connectivity index (χ4v) is 4.28. The van der Waals surface area contributed by atoms with E-state index in [0.29, 0.717) is 25.7 Å². The monoisotopic (exact) mass is 354 g/mol. The molecule has 2 atom stereocenters. The SMILES string of the molecule is COCCN1C[C@H](C(=O)O)CN2CCN(Cc3nccs3)C[C@@H]2C1. The van der Waals surface area contributed by atoms with Crippen LogP contribution < -0.4 is 0 Å². The van der Waals surface area contributed by atoms with Crippen LogP contribution in [0.4, 0.5) is 0 Å². The molecule has 2 saturated heterocycles. The number of methoxy groups -OCH3 is 1. The van der Waals surface area contributed by atoms with Gasteiger partial charge in [-0.05, 0) is 0 Å². The second kappa shape index (κ2) is 8.35. The number of carbonyl (C=O) groups is 1. The third kappa shape index (κ3) is 4.52. The molecular formula is C16H26N4O3S. The minimum Gasteiger partial charge on any atom is -0.481 e. The Hall–Kier alpha value is -1.06. The fraction of sp³-hybridized carbons (Fsp3) is 0.750. The Bertz CT molecular complexity index is 527. The van der Waals surface area contributed by atoms with Crippen molar-refractivity contribution >= 4 is 17.3 Å². The van der Waals surface area contributed by atoms with E-state index in [2.05, 4.69) is 19.7 Å². The molecule has 134 valence electrons. The van der Waals surface area contributed by atoms with Crippen molar-refractivity contribution < 1.29 is 14.6 Å². The van der Waals surface area contributed by atoms with Gasteiger partial charge in [-0.2, -0.15) is 0 Å². The number of aromatic nitrogens is 1. The maximum Gasteiger partial charge on any atom is 0.309 e. The molecule has 0 aromatic carbocycles. The largest absolute Gasteiger partial charge is 0.481 e. The first-order chi connectivity index (χ1) is 11.7. The molecule has 7 nitrogen and oxygen atoms in total. The second-order valence-electron chi connectivity index (χ2n) is 6.60. The number of rotatable bonds is 6. The minimum absolute atomic E-state index is 0.322. The van der Waals surface area contributed by atoms with Crippen LogP contribution in [0.5, 0.6) is 0 Å². The molecule has 0 amide bonds. The maximum atomic E-state index is 11.6. The summed E-state index contributed by atoms with van der Waals surface area (Å²) in [5.74, 6) is -1.01. The van der Waals surface area contributed by atoms with E-state index in [1.54, 1.807) is 18.4 Å². The van der Waals surface area contributed by atoms with Crippen molar-refractivity contribution in [2.45, 2.75) is 12.6 Å². The Labute approximate surface area is 146 Å². The molecule has 1 N–H and O–H groups in total. The minimum atomic E-state index is -0.691. The van der Waals surface area contributed by atoms with Gasteiger partial charge in [0, 0.05) is 70.5 Å². The molecule has 8 heteroatoms. The van der Waals surface area contributed by atoms with Crippen LogP contribution in [0.3, 0.4) is 0 Å². The number of carboxylic acids is 1. The topological polar surface area (TPSA) is 69.1 Å². The zero-order valence-electron chi connectivity index (χ0n) is 14.1. The highest BCUT2D eigenvalue weighted by atomic mass is 32.1. The molecule has 1 aromatic heterocycles. The predicted molar refractivity (Wildman–Crippen MR) is 92.2 cm³/mol. The lowest BCUT2D eigenvalue weighted by molar-refractivity contribution is -0.142. The van der Waals surface area contributed by atoms with Crippen LogP contribution >= 0.6 is 11.3 Å². The van der Waals surface area contributed by atoms with Crippen molar-refractivity contribution in [1.29, 1.82) is 0 Å². The van der Waals surface area contributed by atoms with Gasteiger partial charge >= 0.3 is 5.97 Å². The first-order valence-electron chi connectivity index (χ1n) is 8.44. The van der Waals surface area contributed by atoms with Crippen LogP contribution in [-0.4, -0.2) is 96.3 Å². The number of nitrogens with zero attached hydrogens (tertiary/aromatic N) is 4. The molecule has 0 saturated carbocycles. The highest BCUT2D eigenvalue weighted by molar-refractivity contribution is 7.09. The van der Waals surface area contributed by atoms with Gasteiger partial charge < -0.3 is 9.84 Å². The summed E-state index contributed by atoms with van der Waals surface area (Å²) in [4.78, 5) is 23.0. The lowest BCUT2D eigenvalue weighted by atomic mass is 10.1. The van der Waals surface area contributed by atoms with Crippen molar-refractivity contribution in [1.82, 2.24) is 19.7 Å². The molecule has 2 aliphatic heterocycles. The Morgan fingerprint density at radius 2 is 2.17 bits per heavy atom. The molecule has 3 rings (SSSR count). The molecule has 0 radical (unpaired) electrons. The fourth-order valence-electron chi connectivity index (χ4n) is 3.62. The summed E-state index contributed by atoms with van der Waals surface area (Å²) < 4.78 is 5.19. The van der Waals surface area contributed by atoms with E-state index in [1.807, 2.05) is 11.6 Å². The van der Waals surface area contributed by atoms with E-state index < -0.39 is 5.97 Å². The van der Waals surface area contributed by atoms with E-state index in [9.17, 15) is 9.90 Å². The highest BCUT2D eigenvalue weighted by Crippen LogP contribution is 2.20. The summed E-state index contributed by atoms with van der Waals surface area (Å²) in [6, 6.07) is 0.375. The van der Waals surface area contributed by atoms with Crippen LogP contribution in [0.1, 0.15) is 5.01 Å². The van der Waals surface area contributed by atoms with E-state index in [-0.39, 0.29) is 5.92 Å². The number of thiazole rings is 1. The Balaban J connectivity index is 1.64. The third-order valence-corrected chi connectivity index (χ3v) is 5.66. The average Bonchev–Trinajstić information content (AvgIpc) is 2.99. The molecule has 24 heavy (non-hydrogen) atoms. The zero-order valence-corrected chi connectivity index (χ0v) is 15.0. The van der Waals surface area contributed by atoms with E-state index >= 15 is 0 Å². The van der Waals surface area contributed by atoms with Crippen molar-refractivity contribution in [2.75, 3.05) is 59.5 Å². The van der Waals surface area contributed by atoms with Gasteiger partial charge in [0.15, 0.2) is 0 Å². The summed E-state index contributed by atoms with van der Waals surface area (Å²) in [5.41, 5.74) is 0. The normalized spacial score (nSPS) is 26.9. The number of aliphatic carboxylic acids is 1. The van der Waals surface area contributed by atoms with Crippen molar-refractivity contribution in [2.24, 2.45) is 5.92 Å². The molecule has 0 bridgehead atoms. The molecule has 3 heterocycles. The number of hydrogen-bond acceptors (Lipinski definition) is 7. The van der Waals surface area contributed by atoms with Gasteiger partial charge in [0.2, 0.25) is 0 Å². The van der Waals surface area contributed by atoms with Crippen LogP contribution in [0.15, 0.2) is 11.6 Å². The lowest BCUT2D eigenvalue weighted by Crippen LogP contribution is -2.55. The molecular weight excluding hydrogens is 328 g/mol. The first kappa shape index (κ1) is 17.8. The lowest BCUT2D eigenvalue weighted by Gasteiger charge is -2.41. The number of ether oxygens (including phenoxy) is 1. The molecule has 0 unspecified atom stereocenters. The summed E-state index contributed by atoms with van der Waals surface area (Å²) in [6.45, 7) is 7.35. The van der Waals surface area contributed by atoms with Gasteiger partial charge in [-0.25, -0.2) is 4.98 Å². The van der Waals surface area contributed by atoms with E-state index in [1.165, 1.54) is 0 Å². The van der Waals surface area contributed by atoms with Crippen LogP contribution in [-0.2, 0) is 16.1 Å².